The van der Waals surface area contributed by atoms with Gasteiger partial charge in [0.2, 0.25) is 0 Å². The van der Waals surface area contributed by atoms with E-state index >= 15 is 0 Å². The molecule has 2 unspecified atom stereocenters. The minimum Gasteiger partial charge on any atom is -0.392 e. The fraction of sp³-hybridized carbons (Fsp3) is 0.538. The van der Waals surface area contributed by atoms with Crippen LogP contribution >= 0.6 is 11.8 Å². The van der Waals surface area contributed by atoms with Gasteiger partial charge in [-0.2, -0.15) is 11.8 Å². The molecule has 0 saturated carbocycles. The first-order chi connectivity index (χ1) is 8.15. The number of rotatable bonds is 3. The van der Waals surface area contributed by atoms with Crippen LogP contribution in [0.2, 0.25) is 0 Å². The molecule has 4 heteroatoms. The Morgan fingerprint density at radius 3 is 2.53 bits per heavy atom. The van der Waals surface area contributed by atoms with Gasteiger partial charge in [-0.25, -0.2) is 8.78 Å². The highest BCUT2D eigenvalue weighted by Crippen LogP contribution is 2.29. The Balaban J connectivity index is 1.99. The Kier molecular flexibility index (Phi) is 4.40. The molecule has 1 aliphatic rings. The molecule has 1 aromatic rings. The predicted octanol–water partition coefficient (Wildman–Crippen LogP) is 3.15. The molecule has 0 spiro atoms. The van der Waals surface area contributed by atoms with Crippen molar-refractivity contribution in [2.24, 2.45) is 0 Å². The van der Waals surface area contributed by atoms with Crippen LogP contribution in [0, 0.1) is 11.6 Å². The summed E-state index contributed by atoms with van der Waals surface area (Å²) < 4.78 is 26.0. The quantitative estimate of drug-likeness (QED) is 0.898. The zero-order valence-corrected chi connectivity index (χ0v) is 10.4. The van der Waals surface area contributed by atoms with Gasteiger partial charge in [-0.15, -0.1) is 0 Å². The fourth-order valence-corrected chi connectivity index (χ4v) is 3.50. The third kappa shape index (κ3) is 3.68. The Bertz CT molecular complexity index is 357. The molecule has 0 bridgehead atoms. The van der Waals surface area contributed by atoms with Crippen LogP contribution < -0.4 is 0 Å². The first-order valence-electron chi connectivity index (χ1n) is 5.90. The van der Waals surface area contributed by atoms with Gasteiger partial charge in [-0.05, 0) is 42.7 Å². The van der Waals surface area contributed by atoms with Crippen molar-refractivity contribution in [1.82, 2.24) is 0 Å². The molecule has 1 nitrogen and oxygen atoms in total. The van der Waals surface area contributed by atoms with E-state index in [-0.39, 0.29) is 5.25 Å². The van der Waals surface area contributed by atoms with Gasteiger partial charge in [0, 0.05) is 11.3 Å². The van der Waals surface area contributed by atoms with Crippen LogP contribution in [-0.2, 0) is 6.42 Å². The predicted molar refractivity (Wildman–Crippen MR) is 66.2 cm³/mol. The Morgan fingerprint density at radius 1 is 1.24 bits per heavy atom. The van der Waals surface area contributed by atoms with Crippen molar-refractivity contribution in [3.05, 3.63) is 35.4 Å². The largest absolute Gasteiger partial charge is 0.392 e. The summed E-state index contributed by atoms with van der Waals surface area (Å²) in [5.74, 6) is -0.0915. The van der Waals surface area contributed by atoms with Crippen LogP contribution in [0.1, 0.15) is 24.8 Å². The molecule has 1 heterocycles. The summed E-state index contributed by atoms with van der Waals surface area (Å²) in [6.45, 7) is 0. The van der Waals surface area contributed by atoms with E-state index in [4.69, 9.17) is 0 Å². The number of benzene rings is 1. The summed E-state index contributed by atoms with van der Waals surface area (Å²) >= 11 is 1.76. The van der Waals surface area contributed by atoms with E-state index in [2.05, 4.69) is 0 Å². The zero-order valence-electron chi connectivity index (χ0n) is 9.53. The lowest BCUT2D eigenvalue weighted by atomic mass is 10.0. The lowest BCUT2D eigenvalue weighted by Gasteiger charge is -2.26. The number of thioether (sulfide) groups is 1. The van der Waals surface area contributed by atoms with Crippen LogP contribution in [-0.4, -0.2) is 22.2 Å². The van der Waals surface area contributed by atoms with Crippen LogP contribution in [0.15, 0.2) is 18.2 Å². The van der Waals surface area contributed by atoms with Gasteiger partial charge < -0.3 is 5.11 Å². The van der Waals surface area contributed by atoms with Crippen LogP contribution in [0.3, 0.4) is 0 Å². The van der Waals surface area contributed by atoms with E-state index in [0.29, 0.717) is 12.0 Å². The van der Waals surface area contributed by atoms with Gasteiger partial charge in [0.25, 0.3) is 0 Å². The Morgan fingerprint density at radius 2 is 1.94 bits per heavy atom. The number of hydrogen-bond acceptors (Lipinski definition) is 2. The monoisotopic (exact) mass is 258 g/mol. The first kappa shape index (κ1) is 12.8. The molecule has 0 aromatic heterocycles. The highest BCUT2D eigenvalue weighted by atomic mass is 32.2. The lowest BCUT2D eigenvalue weighted by molar-refractivity contribution is 0.166. The van der Waals surface area contributed by atoms with Gasteiger partial charge in [0.15, 0.2) is 0 Å². The fourth-order valence-electron chi connectivity index (χ4n) is 2.17. The van der Waals surface area contributed by atoms with Crippen molar-refractivity contribution < 1.29 is 13.9 Å². The lowest BCUT2D eigenvalue weighted by Crippen LogP contribution is -2.27. The van der Waals surface area contributed by atoms with Crippen molar-refractivity contribution in [3.8, 4) is 0 Å². The van der Waals surface area contributed by atoms with Gasteiger partial charge >= 0.3 is 0 Å². The second-order valence-electron chi connectivity index (χ2n) is 4.45. The molecule has 1 aliphatic heterocycles. The standard InChI is InChI=1S/C13H16F2OS/c14-10-5-9(6-11(15)8-10)7-12(16)13-3-1-2-4-17-13/h5-6,8,12-13,16H,1-4,7H2. The number of aliphatic hydroxyl groups is 1. The molecule has 1 N–H and O–H groups in total. The maximum absolute atomic E-state index is 13.0. The molecule has 17 heavy (non-hydrogen) atoms. The Labute approximate surface area is 104 Å². The molecular weight excluding hydrogens is 242 g/mol. The average Bonchev–Trinajstić information content (AvgIpc) is 2.28. The van der Waals surface area contributed by atoms with Crippen LogP contribution in [0.25, 0.3) is 0 Å². The number of aliphatic hydroxyl groups excluding tert-OH is 1. The molecule has 0 aliphatic carbocycles. The minimum atomic E-state index is -0.580. The Hall–Kier alpha value is -0.610. The molecule has 94 valence electrons. The van der Waals surface area contributed by atoms with Crippen LogP contribution in [0.4, 0.5) is 8.78 Å². The summed E-state index contributed by atoms with van der Waals surface area (Å²) in [4.78, 5) is 0. The molecule has 1 aromatic carbocycles. The van der Waals surface area contributed by atoms with Gasteiger partial charge in [-0.1, -0.05) is 6.42 Å². The highest BCUT2D eigenvalue weighted by molar-refractivity contribution is 8.00. The third-order valence-corrected chi connectivity index (χ3v) is 4.51. The van der Waals surface area contributed by atoms with E-state index in [1.807, 2.05) is 0 Å². The van der Waals surface area contributed by atoms with Crippen molar-refractivity contribution in [3.63, 3.8) is 0 Å². The zero-order chi connectivity index (χ0) is 12.3. The van der Waals surface area contributed by atoms with E-state index in [1.54, 1.807) is 11.8 Å². The number of hydrogen-bond donors (Lipinski definition) is 1. The van der Waals surface area contributed by atoms with Crippen LogP contribution in [0.5, 0.6) is 0 Å². The van der Waals surface area contributed by atoms with Crippen molar-refractivity contribution in [2.75, 3.05) is 5.75 Å². The van der Waals surface area contributed by atoms with Gasteiger partial charge in [0.1, 0.15) is 11.6 Å². The van der Waals surface area contributed by atoms with Gasteiger partial charge in [0.05, 0.1) is 6.10 Å². The normalized spacial score (nSPS) is 22.4. The second kappa shape index (κ2) is 5.83. The highest BCUT2D eigenvalue weighted by Gasteiger charge is 2.22. The maximum Gasteiger partial charge on any atom is 0.126 e. The summed E-state index contributed by atoms with van der Waals surface area (Å²) in [6.07, 6.45) is 3.13. The molecule has 2 atom stereocenters. The summed E-state index contributed by atoms with van der Waals surface area (Å²) in [5.41, 5.74) is 0.529. The van der Waals surface area contributed by atoms with Crippen molar-refractivity contribution in [1.29, 1.82) is 0 Å². The summed E-state index contributed by atoms with van der Waals surface area (Å²) in [7, 11) is 0. The molecule has 0 amide bonds. The molecular formula is C13H16F2OS. The molecule has 2 rings (SSSR count). The molecule has 0 radical (unpaired) electrons. The topological polar surface area (TPSA) is 20.2 Å². The summed E-state index contributed by atoms with van der Waals surface area (Å²) in [5, 5.41) is 10.2. The van der Waals surface area contributed by atoms with Gasteiger partial charge in [-0.3, -0.25) is 0 Å². The van der Waals surface area contributed by atoms with E-state index in [0.717, 1.165) is 24.7 Å². The van der Waals surface area contributed by atoms with E-state index < -0.39 is 17.7 Å². The maximum atomic E-state index is 13.0. The van der Waals surface area contributed by atoms with Crippen molar-refractivity contribution in [2.45, 2.75) is 37.0 Å². The molecule has 1 saturated heterocycles. The average molecular weight is 258 g/mol. The third-order valence-electron chi connectivity index (χ3n) is 3.01. The number of halogens is 2. The second-order valence-corrected chi connectivity index (χ2v) is 5.80. The van der Waals surface area contributed by atoms with E-state index in [1.165, 1.54) is 18.6 Å². The molecule has 1 fully saturated rings. The SMILES string of the molecule is OC(Cc1cc(F)cc(F)c1)C1CCCCS1. The first-order valence-corrected chi connectivity index (χ1v) is 6.94. The smallest absolute Gasteiger partial charge is 0.126 e. The van der Waals surface area contributed by atoms with E-state index in [9.17, 15) is 13.9 Å². The minimum absolute atomic E-state index is 0.204. The van der Waals surface area contributed by atoms with Crippen molar-refractivity contribution >= 4 is 11.8 Å². The summed E-state index contributed by atoms with van der Waals surface area (Å²) in [6, 6.07) is 3.44.